The van der Waals surface area contributed by atoms with Crippen molar-refractivity contribution in [2.45, 2.75) is 219 Å². The Bertz CT molecular complexity index is 1640. The number of allylic oxidation sites excluding steroid dienone is 26. The summed E-state index contributed by atoms with van der Waals surface area (Å²) >= 11 is 0. The Hall–Kier alpha value is -4.97. The van der Waals surface area contributed by atoms with Crippen molar-refractivity contribution < 1.29 is 28.6 Å². The molecule has 0 aliphatic rings. The number of unbranched alkanes of at least 4 members (excludes halogenated alkanes) is 11. The normalized spacial score (nSPS) is 13.3. The van der Waals surface area contributed by atoms with Crippen LogP contribution in [-0.2, 0) is 28.6 Å². The molecule has 0 aliphatic heterocycles. The van der Waals surface area contributed by atoms with Crippen LogP contribution in [0, 0.1) is 0 Å². The summed E-state index contributed by atoms with van der Waals surface area (Å²) in [5.74, 6) is -1.06. The molecule has 0 radical (unpaired) electrons. The lowest BCUT2D eigenvalue weighted by atomic mass is 10.1. The SMILES string of the molecule is CC/C=C\C/C=C\C/C=C\C/C=C\C/C=C\C/C=C\CCCCCCCCCCC(=O)OCC(COC(=O)CCCCC/C=C\C/C=C\C/C=C\CC)OC(=O)CC/C=C\C/C=C\C/C=C\C/C=C\CC. The van der Waals surface area contributed by atoms with Crippen LogP contribution < -0.4 is 0 Å². The van der Waals surface area contributed by atoms with Crippen LogP contribution >= 0.6 is 0 Å². The summed E-state index contributed by atoms with van der Waals surface area (Å²) in [4.78, 5) is 38.0. The minimum absolute atomic E-state index is 0.128. The molecule has 0 spiro atoms. The predicted octanol–water partition coefficient (Wildman–Crippen LogP) is 19.0. The number of hydrogen-bond donors (Lipinski definition) is 0. The molecule has 0 aliphatic carbocycles. The second kappa shape index (κ2) is 57.6. The van der Waals surface area contributed by atoms with Crippen LogP contribution in [0.15, 0.2) is 158 Å². The average Bonchev–Trinajstić information content (AvgIpc) is 3.37. The summed E-state index contributed by atoms with van der Waals surface area (Å²) in [5.41, 5.74) is 0. The van der Waals surface area contributed by atoms with Crippen molar-refractivity contribution in [1.29, 1.82) is 0 Å². The number of carbonyl (C=O) groups excluding carboxylic acids is 3. The summed E-state index contributed by atoms with van der Waals surface area (Å²) in [6.45, 7) is 6.17. The summed E-state index contributed by atoms with van der Waals surface area (Å²) in [6, 6.07) is 0. The molecule has 0 rings (SSSR count). The molecular formula is C65H100O6. The first-order valence-electron chi connectivity index (χ1n) is 28.0. The van der Waals surface area contributed by atoms with Gasteiger partial charge in [0.1, 0.15) is 13.2 Å². The van der Waals surface area contributed by atoms with Crippen molar-refractivity contribution in [3.63, 3.8) is 0 Å². The third-order valence-corrected chi connectivity index (χ3v) is 11.0. The average molecular weight is 978 g/mol. The largest absolute Gasteiger partial charge is 0.462 e. The molecule has 1 unspecified atom stereocenters. The van der Waals surface area contributed by atoms with Gasteiger partial charge in [-0.25, -0.2) is 0 Å². The van der Waals surface area contributed by atoms with Crippen molar-refractivity contribution >= 4 is 17.9 Å². The van der Waals surface area contributed by atoms with Gasteiger partial charge in [0, 0.05) is 19.3 Å². The maximum Gasteiger partial charge on any atom is 0.306 e. The Labute approximate surface area is 435 Å². The van der Waals surface area contributed by atoms with E-state index in [0.717, 1.165) is 135 Å². The number of rotatable bonds is 48. The molecule has 0 aromatic rings. The van der Waals surface area contributed by atoms with E-state index in [1.54, 1.807) is 0 Å². The molecule has 0 amide bonds. The highest BCUT2D eigenvalue weighted by Crippen LogP contribution is 2.13. The Balaban J connectivity index is 4.40. The van der Waals surface area contributed by atoms with Gasteiger partial charge in [-0.3, -0.25) is 14.4 Å². The fourth-order valence-corrected chi connectivity index (χ4v) is 6.94. The van der Waals surface area contributed by atoms with E-state index in [4.69, 9.17) is 14.2 Å². The van der Waals surface area contributed by atoms with Crippen LogP contribution in [0.25, 0.3) is 0 Å². The zero-order chi connectivity index (χ0) is 51.4. The van der Waals surface area contributed by atoms with Crippen LogP contribution in [0.5, 0.6) is 0 Å². The predicted molar refractivity (Wildman–Crippen MR) is 306 cm³/mol. The lowest BCUT2D eigenvalue weighted by molar-refractivity contribution is -0.166. The minimum Gasteiger partial charge on any atom is -0.462 e. The topological polar surface area (TPSA) is 78.9 Å². The van der Waals surface area contributed by atoms with E-state index in [9.17, 15) is 14.4 Å². The number of esters is 3. The highest BCUT2D eigenvalue weighted by molar-refractivity contribution is 5.71. The Morgan fingerprint density at radius 1 is 0.282 bits per heavy atom. The molecular weight excluding hydrogens is 877 g/mol. The quantitative estimate of drug-likeness (QED) is 0.0262. The van der Waals surface area contributed by atoms with E-state index in [1.165, 1.54) is 32.1 Å². The summed E-state index contributed by atoms with van der Waals surface area (Å²) in [6.07, 6.45) is 84.0. The zero-order valence-electron chi connectivity index (χ0n) is 45.2. The molecule has 0 saturated heterocycles. The fourth-order valence-electron chi connectivity index (χ4n) is 6.94. The molecule has 6 nitrogen and oxygen atoms in total. The molecule has 0 aromatic carbocycles. The zero-order valence-corrected chi connectivity index (χ0v) is 45.2. The summed E-state index contributed by atoms with van der Waals surface area (Å²) in [5, 5.41) is 0. The van der Waals surface area contributed by atoms with Crippen LogP contribution in [0.1, 0.15) is 213 Å². The molecule has 0 N–H and O–H groups in total. The second-order valence-electron chi connectivity index (χ2n) is 17.7. The van der Waals surface area contributed by atoms with Gasteiger partial charge < -0.3 is 14.2 Å². The first-order chi connectivity index (χ1) is 35.0. The smallest absolute Gasteiger partial charge is 0.306 e. The standard InChI is InChI=1S/C65H100O6/c1-4-7-10-13-16-19-22-25-26-27-28-29-30-31-32-33-34-35-36-37-38-41-43-46-49-52-55-58-64(67)70-61-62(71-65(68)59-56-53-50-47-44-40-24-21-18-15-12-9-6-3)60-69-63(66)57-54-51-48-45-42-39-23-20-17-14-11-8-5-2/h7-12,16-21,25-26,28-29,31-32,34-35,39-40,42,44,50,53,62H,4-6,13-15,22-24,27,30,33,36-38,41,43,45-49,51-52,54-61H2,1-3H3/b10-7-,11-8-,12-9-,19-16-,20-17-,21-18-,26-25-,29-28-,32-31-,35-34-,42-39-,44-40-,53-50-. The van der Waals surface area contributed by atoms with E-state index in [-0.39, 0.29) is 31.6 Å². The second-order valence-corrected chi connectivity index (χ2v) is 17.7. The highest BCUT2D eigenvalue weighted by atomic mass is 16.6. The molecule has 0 bridgehead atoms. The monoisotopic (exact) mass is 977 g/mol. The molecule has 0 heterocycles. The van der Waals surface area contributed by atoms with Gasteiger partial charge in [0.05, 0.1) is 0 Å². The highest BCUT2D eigenvalue weighted by Gasteiger charge is 2.19. The fraction of sp³-hybridized carbons (Fsp3) is 0.554. The van der Waals surface area contributed by atoms with Gasteiger partial charge in [-0.2, -0.15) is 0 Å². The maximum atomic E-state index is 12.8. The van der Waals surface area contributed by atoms with E-state index in [2.05, 4.69) is 167 Å². The Morgan fingerprint density at radius 2 is 0.535 bits per heavy atom. The van der Waals surface area contributed by atoms with Crippen LogP contribution in [-0.4, -0.2) is 37.2 Å². The van der Waals surface area contributed by atoms with Gasteiger partial charge in [-0.1, -0.05) is 224 Å². The molecule has 0 fully saturated rings. The molecule has 1 atom stereocenters. The maximum absolute atomic E-state index is 12.8. The van der Waals surface area contributed by atoms with E-state index < -0.39 is 12.1 Å². The molecule has 71 heavy (non-hydrogen) atoms. The van der Waals surface area contributed by atoms with Crippen molar-refractivity contribution in [3.05, 3.63) is 158 Å². The minimum atomic E-state index is -0.839. The van der Waals surface area contributed by atoms with Gasteiger partial charge >= 0.3 is 17.9 Å². The molecule has 0 aromatic heterocycles. The van der Waals surface area contributed by atoms with Crippen molar-refractivity contribution in [1.82, 2.24) is 0 Å². The third-order valence-electron chi connectivity index (χ3n) is 11.0. The lowest BCUT2D eigenvalue weighted by Gasteiger charge is -2.18. The summed E-state index contributed by atoms with van der Waals surface area (Å²) < 4.78 is 16.7. The van der Waals surface area contributed by atoms with Crippen molar-refractivity contribution in [3.8, 4) is 0 Å². The first-order valence-corrected chi connectivity index (χ1v) is 28.0. The molecule has 396 valence electrons. The van der Waals surface area contributed by atoms with E-state index >= 15 is 0 Å². The van der Waals surface area contributed by atoms with Gasteiger partial charge in [-0.15, -0.1) is 0 Å². The number of carbonyl (C=O) groups is 3. The van der Waals surface area contributed by atoms with Crippen molar-refractivity contribution in [2.24, 2.45) is 0 Å². The van der Waals surface area contributed by atoms with Crippen LogP contribution in [0.4, 0.5) is 0 Å². The van der Waals surface area contributed by atoms with Gasteiger partial charge in [0.15, 0.2) is 6.10 Å². The Kier molecular flexibility index (Phi) is 53.6. The first kappa shape index (κ1) is 66.0. The number of ether oxygens (including phenoxy) is 3. The summed E-state index contributed by atoms with van der Waals surface area (Å²) in [7, 11) is 0. The van der Waals surface area contributed by atoms with Crippen molar-refractivity contribution in [2.75, 3.05) is 13.2 Å². The van der Waals surface area contributed by atoms with Gasteiger partial charge in [0.2, 0.25) is 0 Å². The number of hydrogen-bond acceptors (Lipinski definition) is 6. The third kappa shape index (κ3) is 55.8. The van der Waals surface area contributed by atoms with Gasteiger partial charge in [-0.05, 0) is 128 Å². The van der Waals surface area contributed by atoms with Gasteiger partial charge in [0.25, 0.3) is 0 Å². The Morgan fingerprint density at radius 3 is 0.859 bits per heavy atom. The van der Waals surface area contributed by atoms with E-state index in [1.807, 2.05) is 12.2 Å². The molecule has 0 saturated carbocycles. The van der Waals surface area contributed by atoms with E-state index in [0.29, 0.717) is 19.3 Å². The van der Waals surface area contributed by atoms with Crippen LogP contribution in [0.2, 0.25) is 0 Å². The molecule has 6 heteroatoms. The van der Waals surface area contributed by atoms with Crippen LogP contribution in [0.3, 0.4) is 0 Å². The lowest BCUT2D eigenvalue weighted by Crippen LogP contribution is -2.30.